The van der Waals surface area contributed by atoms with Crippen LogP contribution in [0.4, 0.5) is 0 Å². The highest BCUT2D eigenvalue weighted by Gasteiger charge is 2.11. The molecule has 0 spiro atoms. The van der Waals surface area contributed by atoms with Crippen LogP contribution >= 0.6 is 0 Å². The Balaban J connectivity index is 2.41. The average molecular weight is 149 g/mol. The van der Waals surface area contributed by atoms with Crippen molar-refractivity contribution < 1.29 is 9.47 Å². The number of fused-ring (bicyclic) bond motifs is 1. The van der Waals surface area contributed by atoms with Gasteiger partial charge in [0, 0.05) is 0 Å². The summed E-state index contributed by atoms with van der Waals surface area (Å²) in [4.78, 5) is 0. The van der Waals surface area contributed by atoms with Crippen LogP contribution in [0.15, 0.2) is 18.2 Å². The predicted molar refractivity (Wildman–Crippen MR) is 41.6 cm³/mol. The fraction of sp³-hybridized carbons (Fsp3) is 0.222. The van der Waals surface area contributed by atoms with Gasteiger partial charge in [-0.2, -0.15) is 0 Å². The smallest absolute Gasteiger partial charge is 0.231 e. The highest BCUT2D eigenvalue weighted by Crippen LogP contribution is 2.32. The lowest BCUT2D eigenvalue weighted by Gasteiger charge is -1.97. The summed E-state index contributed by atoms with van der Waals surface area (Å²) in [6, 6.07) is 5.91. The molecule has 0 unspecified atom stereocenters. The zero-order valence-electron chi connectivity index (χ0n) is 6.33. The molecule has 0 aliphatic carbocycles. The largest absolute Gasteiger partial charge is 0.454 e. The molecule has 0 saturated carbocycles. The maximum absolute atomic E-state index is 5.20. The molecule has 1 radical (unpaired) electrons. The van der Waals surface area contributed by atoms with Crippen molar-refractivity contribution in [2.24, 2.45) is 0 Å². The van der Waals surface area contributed by atoms with Gasteiger partial charge < -0.3 is 9.47 Å². The number of ether oxygens (including phenoxy) is 2. The maximum Gasteiger partial charge on any atom is 0.231 e. The van der Waals surface area contributed by atoms with Crippen molar-refractivity contribution in [2.45, 2.75) is 6.92 Å². The molecule has 11 heavy (non-hydrogen) atoms. The molecule has 57 valence electrons. The lowest BCUT2D eigenvalue weighted by Crippen LogP contribution is -1.92. The first-order valence-corrected chi connectivity index (χ1v) is 3.59. The van der Waals surface area contributed by atoms with Crippen LogP contribution in [0.3, 0.4) is 0 Å². The summed E-state index contributed by atoms with van der Waals surface area (Å²) in [6.45, 7) is 2.35. The van der Waals surface area contributed by atoms with Crippen LogP contribution in [0.5, 0.6) is 11.5 Å². The number of hydrogen-bond acceptors (Lipinski definition) is 2. The van der Waals surface area contributed by atoms with E-state index in [-0.39, 0.29) is 0 Å². The van der Waals surface area contributed by atoms with Gasteiger partial charge in [-0.25, -0.2) is 0 Å². The van der Waals surface area contributed by atoms with Crippen LogP contribution in [-0.2, 0) is 0 Å². The van der Waals surface area contributed by atoms with Crippen LogP contribution in [0.25, 0.3) is 0 Å². The van der Waals surface area contributed by atoms with E-state index in [1.807, 2.05) is 31.5 Å². The Morgan fingerprint density at radius 3 is 2.91 bits per heavy atom. The monoisotopic (exact) mass is 149 g/mol. The van der Waals surface area contributed by atoms with Gasteiger partial charge in [-0.3, -0.25) is 0 Å². The summed E-state index contributed by atoms with van der Waals surface area (Å²) in [7, 11) is 0. The van der Waals surface area contributed by atoms with Crippen LogP contribution < -0.4 is 9.47 Å². The summed E-state index contributed by atoms with van der Waals surface area (Å²) in [5.74, 6) is 1.69. The zero-order valence-corrected chi connectivity index (χ0v) is 6.33. The molecule has 0 atom stereocenters. The van der Waals surface area contributed by atoms with Crippen LogP contribution in [0.1, 0.15) is 12.5 Å². The predicted octanol–water partition coefficient (Wildman–Crippen LogP) is 1.99. The molecule has 1 aromatic carbocycles. The van der Waals surface area contributed by atoms with Crippen molar-refractivity contribution in [3.05, 3.63) is 30.2 Å². The van der Waals surface area contributed by atoms with Crippen LogP contribution in [0, 0.1) is 6.42 Å². The first kappa shape index (κ1) is 6.53. The molecule has 0 N–H and O–H groups in total. The quantitative estimate of drug-likeness (QED) is 0.608. The second-order valence-corrected chi connectivity index (χ2v) is 2.40. The van der Waals surface area contributed by atoms with E-state index in [1.54, 1.807) is 0 Å². The SMILES string of the molecule is C[CH]c1ccc2c(c1)OCO2. The van der Waals surface area contributed by atoms with E-state index >= 15 is 0 Å². The van der Waals surface area contributed by atoms with Crippen LogP contribution in [0.2, 0.25) is 0 Å². The molecule has 1 aromatic rings. The second-order valence-electron chi connectivity index (χ2n) is 2.40. The molecule has 0 fully saturated rings. The Morgan fingerprint density at radius 1 is 1.27 bits per heavy atom. The van der Waals surface area contributed by atoms with E-state index in [4.69, 9.17) is 9.47 Å². The molecular weight excluding hydrogens is 140 g/mol. The van der Waals surface area contributed by atoms with Gasteiger partial charge in [-0.1, -0.05) is 13.0 Å². The number of hydrogen-bond donors (Lipinski definition) is 0. The fourth-order valence-corrected chi connectivity index (χ4v) is 1.09. The van der Waals surface area contributed by atoms with E-state index in [9.17, 15) is 0 Å². The Bertz CT molecular complexity index is 268. The Labute approximate surface area is 65.7 Å². The molecule has 0 aromatic heterocycles. The van der Waals surface area contributed by atoms with E-state index in [0.717, 1.165) is 17.1 Å². The molecule has 1 aliphatic heterocycles. The van der Waals surface area contributed by atoms with Crippen molar-refractivity contribution in [1.29, 1.82) is 0 Å². The minimum absolute atomic E-state index is 0.350. The minimum Gasteiger partial charge on any atom is -0.454 e. The van der Waals surface area contributed by atoms with Crippen LogP contribution in [-0.4, -0.2) is 6.79 Å². The van der Waals surface area contributed by atoms with Crippen molar-refractivity contribution in [1.82, 2.24) is 0 Å². The van der Waals surface area contributed by atoms with Crippen molar-refractivity contribution >= 4 is 0 Å². The van der Waals surface area contributed by atoms with Crippen molar-refractivity contribution in [2.75, 3.05) is 6.79 Å². The summed E-state index contributed by atoms with van der Waals surface area (Å²) >= 11 is 0. The van der Waals surface area contributed by atoms with E-state index in [2.05, 4.69) is 0 Å². The minimum atomic E-state index is 0.350. The van der Waals surface area contributed by atoms with Gasteiger partial charge in [0.2, 0.25) is 6.79 Å². The van der Waals surface area contributed by atoms with Gasteiger partial charge in [0.25, 0.3) is 0 Å². The maximum atomic E-state index is 5.20. The van der Waals surface area contributed by atoms with E-state index in [1.165, 1.54) is 0 Å². The summed E-state index contributed by atoms with van der Waals surface area (Å²) in [5.41, 5.74) is 1.16. The summed E-state index contributed by atoms with van der Waals surface area (Å²) in [6.07, 6.45) is 2.03. The van der Waals surface area contributed by atoms with Gasteiger partial charge >= 0.3 is 0 Å². The Kier molecular flexibility index (Phi) is 1.46. The third-order valence-electron chi connectivity index (χ3n) is 1.73. The van der Waals surface area contributed by atoms with Gasteiger partial charge in [-0.05, 0) is 24.1 Å². The van der Waals surface area contributed by atoms with Gasteiger partial charge in [-0.15, -0.1) is 0 Å². The molecule has 0 saturated heterocycles. The first-order valence-electron chi connectivity index (χ1n) is 3.59. The van der Waals surface area contributed by atoms with Gasteiger partial charge in [0.05, 0.1) is 0 Å². The van der Waals surface area contributed by atoms with Gasteiger partial charge in [0.1, 0.15) is 0 Å². The van der Waals surface area contributed by atoms with E-state index < -0.39 is 0 Å². The van der Waals surface area contributed by atoms with Crippen molar-refractivity contribution in [3.8, 4) is 11.5 Å². The molecule has 0 amide bonds. The standard InChI is InChI=1S/C9H9O2/c1-2-7-3-4-8-9(5-7)11-6-10-8/h2-5H,6H2,1H3. The molecule has 2 rings (SSSR count). The molecule has 2 nitrogen and oxygen atoms in total. The average Bonchev–Trinajstić information content (AvgIpc) is 2.50. The highest BCUT2D eigenvalue weighted by molar-refractivity contribution is 5.45. The normalized spacial score (nSPS) is 13.5. The second kappa shape index (κ2) is 2.46. The molecule has 0 bridgehead atoms. The third-order valence-corrected chi connectivity index (χ3v) is 1.73. The molecular formula is C9H9O2. The number of benzene rings is 1. The molecule has 1 aliphatic rings. The Hall–Kier alpha value is -1.18. The summed E-state index contributed by atoms with van der Waals surface area (Å²) < 4.78 is 10.4. The van der Waals surface area contributed by atoms with Gasteiger partial charge in [0.15, 0.2) is 11.5 Å². The first-order chi connectivity index (χ1) is 5.40. The van der Waals surface area contributed by atoms with E-state index in [0.29, 0.717) is 6.79 Å². The molecule has 2 heteroatoms. The number of rotatable bonds is 1. The lowest BCUT2D eigenvalue weighted by atomic mass is 10.1. The third kappa shape index (κ3) is 1.04. The van der Waals surface area contributed by atoms with Crippen molar-refractivity contribution in [3.63, 3.8) is 0 Å². The molecule has 1 heterocycles. The zero-order chi connectivity index (χ0) is 7.68. The highest BCUT2D eigenvalue weighted by atomic mass is 16.7. The summed E-state index contributed by atoms with van der Waals surface area (Å²) in [5, 5.41) is 0. The fourth-order valence-electron chi connectivity index (χ4n) is 1.09. The lowest BCUT2D eigenvalue weighted by molar-refractivity contribution is 0.174. The topological polar surface area (TPSA) is 18.5 Å². The Morgan fingerprint density at radius 2 is 2.09 bits per heavy atom.